The average molecular weight is 350 g/mol. The highest BCUT2D eigenvalue weighted by molar-refractivity contribution is 6.30. The fraction of sp³-hybridized carbons (Fsp3) is 0.105. The first-order valence-electron chi connectivity index (χ1n) is 7.91. The van der Waals surface area contributed by atoms with Crippen LogP contribution < -0.4 is 5.32 Å². The molecule has 0 fully saturated rings. The number of rotatable bonds is 3. The summed E-state index contributed by atoms with van der Waals surface area (Å²) in [5.41, 5.74) is 5.03. The van der Waals surface area contributed by atoms with Crippen LogP contribution in [-0.4, -0.2) is 19.7 Å². The SMILES string of the molecule is Cc1cccc(Nc2ncnc3c2cnn3-c2cccc(Cl)c2)c1C. The van der Waals surface area contributed by atoms with Crippen molar-refractivity contribution >= 4 is 34.1 Å². The van der Waals surface area contributed by atoms with Crippen molar-refractivity contribution in [3.63, 3.8) is 0 Å². The molecule has 0 radical (unpaired) electrons. The molecule has 2 aromatic carbocycles. The summed E-state index contributed by atoms with van der Waals surface area (Å²) >= 11 is 6.10. The van der Waals surface area contributed by atoms with Crippen LogP contribution in [0, 0.1) is 13.8 Å². The third-order valence-corrected chi connectivity index (χ3v) is 4.51. The van der Waals surface area contributed by atoms with Gasteiger partial charge in [-0.1, -0.05) is 29.8 Å². The Kier molecular flexibility index (Phi) is 3.86. The second kappa shape index (κ2) is 6.18. The highest BCUT2D eigenvalue weighted by atomic mass is 35.5. The molecule has 0 saturated carbocycles. The van der Waals surface area contributed by atoms with Crippen LogP contribution in [0.3, 0.4) is 0 Å². The van der Waals surface area contributed by atoms with E-state index >= 15 is 0 Å². The highest BCUT2D eigenvalue weighted by Gasteiger charge is 2.12. The molecule has 0 atom stereocenters. The van der Waals surface area contributed by atoms with Crippen molar-refractivity contribution in [2.75, 3.05) is 5.32 Å². The lowest BCUT2D eigenvalue weighted by Gasteiger charge is -2.11. The van der Waals surface area contributed by atoms with E-state index in [1.807, 2.05) is 36.4 Å². The number of aryl methyl sites for hydroxylation is 1. The van der Waals surface area contributed by atoms with Gasteiger partial charge in [0.2, 0.25) is 0 Å². The van der Waals surface area contributed by atoms with Gasteiger partial charge in [-0.05, 0) is 49.2 Å². The minimum Gasteiger partial charge on any atom is -0.339 e. The van der Waals surface area contributed by atoms with E-state index in [1.165, 1.54) is 11.1 Å². The second-order valence-corrected chi connectivity index (χ2v) is 6.30. The minimum atomic E-state index is 0.656. The van der Waals surface area contributed by atoms with E-state index in [0.29, 0.717) is 5.02 Å². The average Bonchev–Trinajstić information content (AvgIpc) is 3.04. The lowest BCUT2D eigenvalue weighted by molar-refractivity contribution is 0.895. The number of anilines is 2. The van der Waals surface area contributed by atoms with Gasteiger partial charge in [0.25, 0.3) is 0 Å². The van der Waals surface area contributed by atoms with Gasteiger partial charge >= 0.3 is 0 Å². The van der Waals surface area contributed by atoms with E-state index < -0.39 is 0 Å². The number of aromatic nitrogens is 4. The van der Waals surface area contributed by atoms with E-state index in [1.54, 1.807) is 17.2 Å². The largest absolute Gasteiger partial charge is 0.339 e. The minimum absolute atomic E-state index is 0.656. The zero-order chi connectivity index (χ0) is 17.4. The van der Waals surface area contributed by atoms with E-state index in [-0.39, 0.29) is 0 Å². The third kappa shape index (κ3) is 2.83. The fourth-order valence-corrected chi connectivity index (χ4v) is 2.94. The number of benzene rings is 2. The van der Waals surface area contributed by atoms with Crippen LogP contribution >= 0.6 is 11.6 Å². The summed E-state index contributed by atoms with van der Waals surface area (Å²) in [5, 5.41) is 9.37. The maximum atomic E-state index is 6.10. The van der Waals surface area contributed by atoms with Gasteiger partial charge in [0.05, 0.1) is 17.3 Å². The van der Waals surface area contributed by atoms with E-state index in [0.717, 1.165) is 28.2 Å². The van der Waals surface area contributed by atoms with Crippen LogP contribution in [0.1, 0.15) is 11.1 Å². The zero-order valence-electron chi connectivity index (χ0n) is 13.9. The standard InChI is InChI=1S/C19H16ClN5/c1-12-5-3-8-17(13(12)2)24-18-16-10-23-25(19(16)22-11-21-18)15-7-4-6-14(20)9-15/h3-11H,1-2H3,(H,21,22,24). The Morgan fingerprint density at radius 3 is 2.72 bits per heavy atom. The number of hydrogen-bond donors (Lipinski definition) is 1. The van der Waals surface area contributed by atoms with Gasteiger partial charge in [-0.2, -0.15) is 5.10 Å². The van der Waals surface area contributed by atoms with Crippen LogP contribution in [-0.2, 0) is 0 Å². The van der Waals surface area contributed by atoms with Crippen molar-refractivity contribution in [1.29, 1.82) is 0 Å². The van der Waals surface area contributed by atoms with Crippen molar-refractivity contribution < 1.29 is 0 Å². The summed E-state index contributed by atoms with van der Waals surface area (Å²) < 4.78 is 1.76. The molecule has 2 aromatic heterocycles. The lowest BCUT2D eigenvalue weighted by atomic mass is 10.1. The van der Waals surface area contributed by atoms with Crippen LogP contribution in [0.2, 0.25) is 5.02 Å². The Bertz CT molecular complexity index is 1070. The summed E-state index contributed by atoms with van der Waals surface area (Å²) in [5.74, 6) is 0.729. The molecule has 1 N–H and O–H groups in total. The molecule has 2 heterocycles. The normalized spacial score (nSPS) is 11.0. The predicted molar refractivity (Wildman–Crippen MR) is 101 cm³/mol. The van der Waals surface area contributed by atoms with Crippen LogP contribution in [0.15, 0.2) is 55.0 Å². The molecule has 0 aliphatic carbocycles. The number of hydrogen-bond acceptors (Lipinski definition) is 4. The molecule has 5 nitrogen and oxygen atoms in total. The highest BCUT2D eigenvalue weighted by Crippen LogP contribution is 2.27. The fourth-order valence-electron chi connectivity index (χ4n) is 2.75. The Balaban J connectivity index is 1.81. The summed E-state index contributed by atoms with van der Waals surface area (Å²) in [6.07, 6.45) is 3.31. The molecule has 124 valence electrons. The van der Waals surface area contributed by atoms with Gasteiger partial charge < -0.3 is 5.32 Å². The van der Waals surface area contributed by atoms with Crippen molar-refractivity contribution in [1.82, 2.24) is 19.7 Å². The number of nitrogens with one attached hydrogen (secondary N) is 1. The number of nitrogens with zero attached hydrogens (tertiary/aromatic N) is 4. The van der Waals surface area contributed by atoms with Gasteiger partial charge in [-0.3, -0.25) is 0 Å². The Morgan fingerprint density at radius 2 is 1.88 bits per heavy atom. The first kappa shape index (κ1) is 15.6. The molecule has 4 aromatic rings. The van der Waals surface area contributed by atoms with Crippen LogP contribution in [0.5, 0.6) is 0 Å². The maximum absolute atomic E-state index is 6.10. The molecule has 0 saturated heterocycles. The van der Waals surface area contributed by atoms with E-state index in [9.17, 15) is 0 Å². The molecule has 25 heavy (non-hydrogen) atoms. The molecule has 0 aliphatic rings. The smallest absolute Gasteiger partial charge is 0.168 e. The lowest BCUT2D eigenvalue weighted by Crippen LogP contribution is -2.00. The van der Waals surface area contributed by atoms with Crippen LogP contribution in [0.4, 0.5) is 11.5 Å². The first-order chi connectivity index (χ1) is 12.1. The molecular formula is C19H16ClN5. The van der Waals surface area contributed by atoms with Crippen molar-refractivity contribution in [2.24, 2.45) is 0 Å². The third-order valence-electron chi connectivity index (χ3n) is 4.28. The van der Waals surface area contributed by atoms with E-state index in [4.69, 9.17) is 11.6 Å². The summed E-state index contributed by atoms with van der Waals surface area (Å²) in [6.45, 7) is 4.18. The Morgan fingerprint density at radius 1 is 1.04 bits per heavy atom. The molecule has 0 spiro atoms. The Labute approximate surface area is 150 Å². The van der Waals surface area contributed by atoms with E-state index in [2.05, 4.69) is 40.3 Å². The molecule has 0 amide bonds. The van der Waals surface area contributed by atoms with Crippen molar-refractivity contribution in [2.45, 2.75) is 13.8 Å². The summed E-state index contributed by atoms with van der Waals surface area (Å²) in [6, 6.07) is 13.7. The summed E-state index contributed by atoms with van der Waals surface area (Å²) in [4.78, 5) is 8.79. The number of fused-ring (bicyclic) bond motifs is 1. The Hall–Kier alpha value is -2.92. The van der Waals surface area contributed by atoms with Gasteiger partial charge in [0, 0.05) is 10.7 Å². The quantitative estimate of drug-likeness (QED) is 0.575. The molecule has 0 unspecified atom stereocenters. The van der Waals surface area contributed by atoms with Gasteiger partial charge in [0.1, 0.15) is 12.1 Å². The van der Waals surface area contributed by atoms with Gasteiger partial charge in [-0.15, -0.1) is 0 Å². The molecule has 4 rings (SSSR count). The molecule has 0 bridgehead atoms. The van der Waals surface area contributed by atoms with Crippen molar-refractivity contribution in [3.8, 4) is 5.69 Å². The topological polar surface area (TPSA) is 55.6 Å². The first-order valence-corrected chi connectivity index (χ1v) is 8.29. The molecular weight excluding hydrogens is 334 g/mol. The number of halogens is 1. The monoisotopic (exact) mass is 349 g/mol. The van der Waals surface area contributed by atoms with Gasteiger partial charge in [-0.25, -0.2) is 14.6 Å². The van der Waals surface area contributed by atoms with Gasteiger partial charge in [0.15, 0.2) is 5.65 Å². The molecule has 0 aliphatic heterocycles. The second-order valence-electron chi connectivity index (χ2n) is 5.87. The zero-order valence-corrected chi connectivity index (χ0v) is 14.6. The van der Waals surface area contributed by atoms with Crippen LogP contribution in [0.25, 0.3) is 16.7 Å². The summed E-state index contributed by atoms with van der Waals surface area (Å²) in [7, 11) is 0. The maximum Gasteiger partial charge on any atom is 0.168 e. The van der Waals surface area contributed by atoms with Crippen molar-refractivity contribution in [3.05, 3.63) is 71.1 Å². The molecule has 6 heteroatoms. The predicted octanol–water partition coefficient (Wildman–Crippen LogP) is 4.83.